The van der Waals surface area contributed by atoms with Gasteiger partial charge in [-0.25, -0.2) is 4.39 Å². The number of fused-ring (bicyclic) bond motifs is 2. The highest BCUT2D eigenvalue weighted by molar-refractivity contribution is 6.14. The fourth-order valence-electron chi connectivity index (χ4n) is 5.43. The number of rotatable bonds is 7. The van der Waals surface area contributed by atoms with E-state index < -0.39 is 23.2 Å². The normalized spacial score (nSPS) is 20.2. The number of hydrogen-bond acceptors (Lipinski definition) is 4. The average Bonchev–Trinajstić information content (AvgIpc) is 3.14. The van der Waals surface area contributed by atoms with Crippen LogP contribution in [-0.2, 0) is 32.8 Å². The molecule has 2 amide bonds. The van der Waals surface area contributed by atoms with Crippen molar-refractivity contribution in [1.82, 2.24) is 5.32 Å². The maximum atomic E-state index is 14.9. The largest absolute Gasteiger partial charge is 0.497 e. The summed E-state index contributed by atoms with van der Waals surface area (Å²) in [6.45, 7) is 0. The Morgan fingerprint density at radius 2 is 1.81 bits per heavy atom. The maximum Gasteiger partial charge on any atom is 0.303 e. The van der Waals surface area contributed by atoms with Gasteiger partial charge in [-0.3, -0.25) is 19.3 Å². The van der Waals surface area contributed by atoms with Crippen LogP contribution in [0.3, 0.4) is 0 Å². The summed E-state index contributed by atoms with van der Waals surface area (Å²) in [5.41, 5.74) is 1.38. The van der Waals surface area contributed by atoms with Crippen molar-refractivity contribution < 1.29 is 28.6 Å². The molecule has 3 aromatic rings. The predicted molar refractivity (Wildman–Crippen MR) is 135 cm³/mol. The van der Waals surface area contributed by atoms with E-state index in [0.717, 1.165) is 12.0 Å². The van der Waals surface area contributed by atoms with E-state index in [0.29, 0.717) is 29.8 Å². The minimum atomic E-state index is -1.67. The minimum absolute atomic E-state index is 0.0139. The zero-order valence-corrected chi connectivity index (χ0v) is 20.4. The number of aliphatic carboxylic acids is 1. The van der Waals surface area contributed by atoms with Crippen LogP contribution in [0.5, 0.6) is 5.75 Å². The molecule has 1 heterocycles. The summed E-state index contributed by atoms with van der Waals surface area (Å²) >= 11 is 0. The molecular weight excluding hydrogens is 475 g/mol. The van der Waals surface area contributed by atoms with Gasteiger partial charge in [0.15, 0.2) is 0 Å². The van der Waals surface area contributed by atoms with E-state index in [4.69, 9.17) is 4.74 Å². The lowest BCUT2D eigenvalue weighted by Gasteiger charge is -2.33. The van der Waals surface area contributed by atoms with Crippen molar-refractivity contribution in [3.63, 3.8) is 0 Å². The van der Waals surface area contributed by atoms with Crippen molar-refractivity contribution in [3.8, 4) is 5.75 Å². The number of carbonyl (C=O) groups is 3. The summed E-state index contributed by atoms with van der Waals surface area (Å²) < 4.78 is 20.3. The molecule has 0 saturated carbocycles. The first kappa shape index (κ1) is 24.5. The van der Waals surface area contributed by atoms with Crippen LogP contribution in [0.15, 0.2) is 66.7 Å². The fourth-order valence-corrected chi connectivity index (χ4v) is 5.43. The summed E-state index contributed by atoms with van der Waals surface area (Å²) in [6.07, 6.45) is 1.33. The summed E-state index contributed by atoms with van der Waals surface area (Å²) in [6, 6.07) is 18.7. The Labute approximate surface area is 213 Å². The van der Waals surface area contributed by atoms with Gasteiger partial charge in [0.2, 0.25) is 5.91 Å². The van der Waals surface area contributed by atoms with Crippen LogP contribution in [0.4, 0.5) is 15.8 Å². The molecule has 0 bridgehead atoms. The summed E-state index contributed by atoms with van der Waals surface area (Å²) in [4.78, 5) is 40.7. The van der Waals surface area contributed by atoms with Crippen molar-refractivity contribution in [2.75, 3.05) is 12.0 Å². The molecule has 8 heteroatoms. The molecule has 0 aromatic heterocycles. The lowest BCUT2D eigenvalue weighted by Crippen LogP contribution is -2.54. The maximum absolute atomic E-state index is 14.9. The van der Waals surface area contributed by atoms with Gasteiger partial charge in [0.1, 0.15) is 17.1 Å². The van der Waals surface area contributed by atoms with Gasteiger partial charge < -0.3 is 15.2 Å². The van der Waals surface area contributed by atoms with Crippen LogP contribution in [0, 0.1) is 11.7 Å². The van der Waals surface area contributed by atoms with Gasteiger partial charge in [-0.15, -0.1) is 0 Å². The number of para-hydroxylation sites is 1. The second-order valence-corrected chi connectivity index (χ2v) is 9.47. The van der Waals surface area contributed by atoms with Crippen molar-refractivity contribution in [2.45, 2.75) is 37.6 Å². The number of anilines is 2. The average molecular weight is 503 g/mol. The first-order chi connectivity index (χ1) is 17.8. The second-order valence-electron chi connectivity index (χ2n) is 9.47. The molecule has 2 aliphatic rings. The van der Waals surface area contributed by atoms with Crippen LogP contribution in [0.1, 0.15) is 36.0 Å². The molecule has 1 aliphatic heterocycles. The molecule has 1 aliphatic carbocycles. The molecule has 2 N–H and O–H groups in total. The molecule has 2 atom stereocenters. The number of ether oxygens (including phenoxy) is 1. The molecule has 7 nitrogen and oxygen atoms in total. The lowest BCUT2D eigenvalue weighted by molar-refractivity contribution is -0.139. The Balaban J connectivity index is 1.58. The topological polar surface area (TPSA) is 95.9 Å². The SMILES string of the molecule is COc1ccc2c(c1)N(c1ccccc1F)C(=O)C2(CCC(=O)O)NC(=O)C1CCc2ccccc2C1. The Morgan fingerprint density at radius 3 is 2.54 bits per heavy atom. The number of aryl methyl sites for hydroxylation is 1. The van der Waals surface area contributed by atoms with Crippen molar-refractivity contribution in [1.29, 1.82) is 0 Å². The number of hydrogen-bond donors (Lipinski definition) is 2. The Morgan fingerprint density at radius 1 is 1.08 bits per heavy atom. The number of nitrogens with one attached hydrogen (secondary N) is 1. The number of methoxy groups -OCH3 is 1. The van der Waals surface area contributed by atoms with E-state index >= 15 is 0 Å². The second kappa shape index (κ2) is 9.69. The molecule has 3 aromatic carbocycles. The molecule has 0 fully saturated rings. The molecule has 37 heavy (non-hydrogen) atoms. The number of nitrogens with zero attached hydrogens (tertiary/aromatic N) is 1. The highest BCUT2D eigenvalue weighted by Crippen LogP contribution is 2.48. The number of carboxylic acid groups (broad SMARTS) is 1. The van der Waals surface area contributed by atoms with Crippen LogP contribution in [-0.4, -0.2) is 30.0 Å². The van der Waals surface area contributed by atoms with Gasteiger partial charge in [-0.1, -0.05) is 42.5 Å². The molecule has 5 rings (SSSR count). The van der Waals surface area contributed by atoms with Crippen LogP contribution >= 0.6 is 0 Å². The van der Waals surface area contributed by atoms with E-state index in [-0.39, 0.29) is 30.4 Å². The number of carboxylic acids is 1. The quantitative estimate of drug-likeness (QED) is 0.496. The highest BCUT2D eigenvalue weighted by atomic mass is 19.1. The third kappa shape index (κ3) is 4.33. The van der Waals surface area contributed by atoms with E-state index in [9.17, 15) is 23.9 Å². The van der Waals surface area contributed by atoms with Gasteiger partial charge in [0.25, 0.3) is 5.91 Å². The monoisotopic (exact) mass is 502 g/mol. The standard InChI is InChI=1S/C29H27FN2O5/c1-37-21-12-13-22-25(17-21)32(24-9-5-4-8-23(24)30)28(36)29(22,15-14-26(33)34)31-27(35)20-11-10-18-6-2-3-7-19(18)16-20/h2-9,12-13,17,20H,10-11,14-16H2,1H3,(H,31,35)(H,33,34). The van der Waals surface area contributed by atoms with Crippen molar-refractivity contribution in [2.24, 2.45) is 5.92 Å². The number of halogens is 1. The van der Waals surface area contributed by atoms with E-state index in [2.05, 4.69) is 5.32 Å². The number of benzene rings is 3. The van der Waals surface area contributed by atoms with Gasteiger partial charge in [0, 0.05) is 24.0 Å². The van der Waals surface area contributed by atoms with Gasteiger partial charge in [0.05, 0.1) is 18.5 Å². The van der Waals surface area contributed by atoms with Gasteiger partial charge in [-0.2, -0.15) is 0 Å². The van der Waals surface area contributed by atoms with Crippen LogP contribution in [0.2, 0.25) is 0 Å². The lowest BCUT2D eigenvalue weighted by atomic mass is 9.81. The number of carbonyl (C=O) groups excluding carboxylic acids is 2. The Kier molecular flexibility index (Phi) is 6.41. The molecule has 190 valence electrons. The van der Waals surface area contributed by atoms with Crippen LogP contribution < -0.4 is 15.0 Å². The zero-order valence-electron chi connectivity index (χ0n) is 20.4. The predicted octanol–water partition coefficient (Wildman–Crippen LogP) is 4.49. The minimum Gasteiger partial charge on any atom is -0.497 e. The zero-order chi connectivity index (χ0) is 26.2. The van der Waals surface area contributed by atoms with Crippen LogP contribution in [0.25, 0.3) is 0 Å². The van der Waals surface area contributed by atoms with Crippen molar-refractivity contribution in [3.05, 3.63) is 89.2 Å². The van der Waals surface area contributed by atoms with Gasteiger partial charge in [-0.05, 0) is 55.0 Å². The first-order valence-electron chi connectivity index (χ1n) is 12.2. The summed E-state index contributed by atoms with van der Waals surface area (Å²) in [7, 11) is 1.48. The first-order valence-corrected chi connectivity index (χ1v) is 12.2. The summed E-state index contributed by atoms with van der Waals surface area (Å²) in [5.74, 6) is -2.59. The van der Waals surface area contributed by atoms with E-state index in [1.165, 1.54) is 35.8 Å². The van der Waals surface area contributed by atoms with Gasteiger partial charge >= 0.3 is 5.97 Å². The molecule has 2 unspecified atom stereocenters. The molecule has 0 saturated heterocycles. The Bertz CT molecular complexity index is 1390. The molecule has 0 spiro atoms. The van der Waals surface area contributed by atoms with Crippen molar-refractivity contribution >= 4 is 29.2 Å². The van der Waals surface area contributed by atoms with E-state index in [1.54, 1.807) is 24.3 Å². The molecule has 0 radical (unpaired) electrons. The highest BCUT2D eigenvalue weighted by Gasteiger charge is 2.53. The smallest absolute Gasteiger partial charge is 0.303 e. The summed E-state index contributed by atoms with van der Waals surface area (Å²) in [5, 5.41) is 12.5. The van der Waals surface area contributed by atoms with E-state index in [1.807, 2.05) is 24.3 Å². The third-order valence-corrected chi connectivity index (χ3v) is 7.34. The Hall–Kier alpha value is -4.20. The fraction of sp³-hybridized carbons (Fsp3) is 0.276. The third-order valence-electron chi connectivity index (χ3n) is 7.34. The molecular formula is C29H27FN2O5. The number of amides is 2.